The number of hydrogen-bond acceptors (Lipinski definition) is 1. The first kappa shape index (κ1) is 12.2. The first-order chi connectivity index (χ1) is 7.45. The molecule has 4 atom stereocenters. The molecule has 2 aliphatic carbocycles. The Hall–Kier alpha value is -0.300. The number of hydrogen-bond donors (Lipinski definition) is 1. The highest BCUT2D eigenvalue weighted by Gasteiger charge is 2.53. The van der Waals surface area contributed by atoms with Crippen LogP contribution in [0.2, 0.25) is 0 Å². The normalized spacial score (nSPS) is 48.9. The molecule has 0 saturated heterocycles. The lowest BCUT2D eigenvalue weighted by Crippen LogP contribution is -2.51. The van der Waals surface area contributed by atoms with Crippen molar-refractivity contribution in [3.8, 4) is 0 Å². The number of aliphatic hydroxyl groups is 1. The monoisotopic (exact) mass is 222 g/mol. The van der Waals surface area contributed by atoms with Gasteiger partial charge in [-0.15, -0.1) is 0 Å². The summed E-state index contributed by atoms with van der Waals surface area (Å²) in [5, 5.41) is 9.83. The molecule has 0 heterocycles. The maximum Gasteiger partial charge on any atom is 0.0490 e. The van der Waals surface area contributed by atoms with Crippen molar-refractivity contribution < 1.29 is 5.11 Å². The van der Waals surface area contributed by atoms with Gasteiger partial charge in [-0.2, -0.15) is 0 Å². The zero-order valence-electron chi connectivity index (χ0n) is 11.1. The van der Waals surface area contributed by atoms with Crippen LogP contribution in [0.4, 0.5) is 0 Å². The Morgan fingerprint density at radius 3 is 2.69 bits per heavy atom. The zero-order valence-corrected chi connectivity index (χ0v) is 11.1. The van der Waals surface area contributed by atoms with E-state index in [0.717, 1.165) is 0 Å². The molecule has 2 saturated carbocycles. The fourth-order valence-corrected chi connectivity index (χ4v) is 4.23. The van der Waals surface area contributed by atoms with Crippen LogP contribution >= 0.6 is 0 Å². The summed E-state index contributed by atoms with van der Waals surface area (Å²) in [7, 11) is 0. The minimum absolute atomic E-state index is 0.108. The van der Waals surface area contributed by atoms with Crippen molar-refractivity contribution >= 4 is 0 Å². The molecule has 0 aromatic rings. The van der Waals surface area contributed by atoms with E-state index in [9.17, 15) is 5.11 Å². The summed E-state index contributed by atoms with van der Waals surface area (Å²) in [5.74, 6) is 1.27. The van der Waals surface area contributed by atoms with Crippen LogP contribution < -0.4 is 0 Å². The molecule has 0 amide bonds. The van der Waals surface area contributed by atoms with Crippen molar-refractivity contribution in [2.45, 2.75) is 52.9 Å². The summed E-state index contributed by atoms with van der Waals surface area (Å²) < 4.78 is 0. The topological polar surface area (TPSA) is 20.2 Å². The molecule has 2 aliphatic rings. The third kappa shape index (κ3) is 1.48. The molecule has 0 spiro atoms. The number of rotatable bonds is 1. The van der Waals surface area contributed by atoms with Crippen LogP contribution in [0.5, 0.6) is 0 Å². The van der Waals surface area contributed by atoms with E-state index < -0.39 is 0 Å². The van der Waals surface area contributed by atoms with E-state index in [1.807, 2.05) is 0 Å². The van der Waals surface area contributed by atoms with E-state index >= 15 is 0 Å². The summed E-state index contributed by atoms with van der Waals surface area (Å²) in [6.07, 6.45) is 6.25. The lowest BCUT2D eigenvalue weighted by Gasteiger charge is -2.58. The Balaban J connectivity index is 2.37. The van der Waals surface area contributed by atoms with Gasteiger partial charge in [-0.3, -0.25) is 0 Å². The second kappa shape index (κ2) is 3.87. The molecular weight excluding hydrogens is 196 g/mol. The summed E-state index contributed by atoms with van der Waals surface area (Å²) in [6.45, 7) is 11.6. The first-order valence-corrected chi connectivity index (χ1v) is 6.74. The van der Waals surface area contributed by atoms with Crippen molar-refractivity contribution in [3.63, 3.8) is 0 Å². The molecule has 0 aromatic carbocycles. The van der Waals surface area contributed by atoms with Gasteiger partial charge in [0.25, 0.3) is 0 Å². The highest BCUT2D eigenvalue weighted by Crippen LogP contribution is 2.60. The van der Waals surface area contributed by atoms with Gasteiger partial charge in [0.05, 0.1) is 0 Å². The molecule has 16 heavy (non-hydrogen) atoms. The maximum absolute atomic E-state index is 9.83. The summed E-state index contributed by atoms with van der Waals surface area (Å²) in [5.41, 5.74) is 1.84. The molecule has 2 rings (SSSR count). The highest BCUT2D eigenvalue weighted by molar-refractivity contribution is 5.18. The summed E-state index contributed by atoms with van der Waals surface area (Å²) in [6, 6.07) is 0. The first-order valence-electron chi connectivity index (χ1n) is 6.74. The van der Waals surface area contributed by atoms with E-state index in [0.29, 0.717) is 23.9 Å². The van der Waals surface area contributed by atoms with Crippen molar-refractivity contribution in [3.05, 3.63) is 12.2 Å². The van der Waals surface area contributed by atoms with Gasteiger partial charge in [-0.1, -0.05) is 32.9 Å². The largest absolute Gasteiger partial charge is 0.396 e. The fourth-order valence-electron chi connectivity index (χ4n) is 4.23. The smallest absolute Gasteiger partial charge is 0.0490 e. The Labute approximate surface area is 99.9 Å². The van der Waals surface area contributed by atoms with E-state index in [2.05, 4.69) is 27.4 Å². The second-order valence-corrected chi connectivity index (χ2v) is 6.57. The van der Waals surface area contributed by atoms with Crippen LogP contribution in [0, 0.1) is 22.7 Å². The minimum Gasteiger partial charge on any atom is -0.396 e. The Morgan fingerprint density at radius 1 is 1.38 bits per heavy atom. The van der Waals surface area contributed by atoms with E-state index in [4.69, 9.17) is 0 Å². The van der Waals surface area contributed by atoms with Crippen LogP contribution in [0.15, 0.2) is 12.2 Å². The zero-order chi connectivity index (χ0) is 12.0. The van der Waals surface area contributed by atoms with Crippen LogP contribution in [0.1, 0.15) is 52.9 Å². The lowest BCUT2D eigenvalue weighted by atomic mass is 9.47. The maximum atomic E-state index is 9.83. The summed E-state index contributed by atoms with van der Waals surface area (Å²) >= 11 is 0. The molecule has 0 radical (unpaired) electrons. The van der Waals surface area contributed by atoms with Crippen molar-refractivity contribution in [2.75, 3.05) is 6.61 Å². The van der Waals surface area contributed by atoms with Gasteiger partial charge < -0.3 is 5.11 Å². The van der Waals surface area contributed by atoms with Crippen LogP contribution in [0.3, 0.4) is 0 Å². The molecule has 92 valence electrons. The summed E-state index contributed by atoms with van der Waals surface area (Å²) in [4.78, 5) is 0. The van der Waals surface area contributed by atoms with Crippen LogP contribution in [-0.4, -0.2) is 11.7 Å². The van der Waals surface area contributed by atoms with Gasteiger partial charge in [0.15, 0.2) is 0 Å². The fraction of sp³-hybridized carbons (Fsp3) is 0.867. The van der Waals surface area contributed by atoms with Crippen molar-refractivity contribution in [2.24, 2.45) is 22.7 Å². The van der Waals surface area contributed by atoms with E-state index in [1.54, 1.807) is 0 Å². The van der Waals surface area contributed by atoms with E-state index in [1.165, 1.54) is 37.7 Å². The number of fused-ring (bicyclic) bond motifs is 1. The standard InChI is InChI=1S/C15H26O/c1-11-6-5-7-13-14(11,3)9-8-12(2)15(13,4)10-16/h12-13,16H,1,5-10H2,2-4H3/t12-,13+,14+,15+/m0/s1. The minimum atomic E-state index is 0.108. The molecule has 0 bridgehead atoms. The third-order valence-corrected chi connectivity index (χ3v) is 5.91. The number of aliphatic hydroxyl groups excluding tert-OH is 1. The molecular formula is C15H26O. The van der Waals surface area contributed by atoms with Gasteiger partial charge in [0.1, 0.15) is 0 Å². The van der Waals surface area contributed by atoms with E-state index in [-0.39, 0.29) is 5.41 Å². The molecule has 2 fully saturated rings. The quantitative estimate of drug-likeness (QED) is 0.669. The van der Waals surface area contributed by atoms with Crippen LogP contribution in [-0.2, 0) is 0 Å². The molecule has 0 aromatic heterocycles. The second-order valence-electron chi connectivity index (χ2n) is 6.57. The molecule has 0 aliphatic heterocycles. The van der Waals surface area contributed by atoms with Gasteiger partial charge in [0, 0.05) is 6.61 Å². The SMILES string of the molecule is C=C1CCC[C@H]2[C@](C)(CO)[C@@H](C)CC[C@]12C. The molecule has 1 nitrogen and oxygen atoms in total. The van der Waals surface area contributed by atoms with Gasteiger partial charge in [-0.05, 0) is 54.8 Å². The highest BCUT2D eigenvalue weighted by atomic mass is 16.3. The van der Waals surface area contributed by atoms with Crippen LogP contribution in [0.25, 0.3) is 0 Å². The van der Waals surface area contributed by atoms with Gasteiger partial charge >= 0.3 is 0 Å². The lowest BCUT2D eigenvalue weighted by molar-refractivity contribution is -0.0800. The molecule has 1 N–H and O–H groups in total. The molecule has 0 unspecified atom stereocenters. The predicted octanol–water partition coefficient (Wildman–Crippen LogP) is 3.78. The third-order valence-electron chi connectivity index (χ3n) is 5.91. The van der Waals surface area contributed by atoms with Crippen molar-refractivity contribution in [1.82, 2.24) is 0 Å². The predicted molar refractivity (Wildman–Crippen MR) is 68.2 cm³/mol. The van der Waals surface area contributed by atoms with Crippen molar-refractivity contribution in [1.29, 1.82) is 0 Å². The van der Waals surface area contributed by atoms with Gasteiger partial charge in [-0.25, -0.2) is 0 Å². The Morgan fingerprint density at radius 2 is 2.06 bits per heavy atom. The molecule has 1 heteroatoms. The number of allylic oxidation sites excluding steroid dienone is 1. The Bertz CT molecular complexity index is 296. The average Bonchev–Trinajstić information content (AvgIpc) is 2.27. The van der Waals surface area contributed by atoms with Gasteiger partial charge in [0.2, 0.25) is 0 Å². The Kier molecular flexibility index (Phi) is 2.94. The average molecular weight is 222 g/mol.